The number of amides is 1. The number of sulfonamides is 1. The molecule has 9 heteroatoms. The molecule has 0 aromatic heterocycles. The molecular weight excluding hydrogens is 486 g/mol. The fraction of sp³-hybridized carbons (Fsp3) is 0.208. The lowest BCUT2D eigenvalue weighted by molar-refractivity contribution is -0.121. The molecule has 0 fully saturated rings. The van der Waals surface area contributed by atoms with Crippen LogP contribution in [0.5, 0.6) is 0 Å². The molecule has 0 aliphatic rings. The Morgan fingerprint density at radius 2 is 1.61 bits per heavy atom. The summed E-state index contributed by atoms with van der Waals surface area (Å²) in [5.41, 5.74) is 1.83. The minimum atomic E-state index is -4.32. The zero-order valence-electron chi connectivity index (χ0n) is 18.1. The van der Waals surface area contributed by atoms with Gasteiger partial charge < -0.3 is 5.32 Å². The lowest BCUT2D eigenvalue weighted by atomic mass is 10.1. The van der Waals surface area contributed by atoms with Gasteiger partial charge in [0.2, 0.25) is 5.91 Å². The highest BCUT2D eigenvalue weighted by molar-refractivity contribution is 7.93. The number of halogens is 3. The van der Waals surface area contributed by atoms with Gasteiger partial charge in [0.1, 0.15) is 11.9 Å². The number of hydrogen-bond acceptors (Lipinski definition) is 3. The number of benzene rings is 3. The molecule has 0 heterocycles. The van der Waals surface area contributed by atoms with Crippen LogP contribution in [0, 0.1) is 12.7 Å². The van der Waals surface area contributed by atoms with E-state index in [9.17, 15) is 17.6 Å². The molecule has 174 valence electrons. The topological polar surface area (TPSA) is 66.5 Å². The molecule has 33 heavy (non-hydrogen) atoms. The van der Waals surface area contributed by atoms with Crippen molar-refractivity contribution in [2.75, 3.05) is 10.8 Å². The lowest BCUT2D eigenvalue weighted by Crippen LogP contribution is -2.49. The van der Waals surface area contributed by atoms with E-state index in [4.69, 9.17) is 23.2 Å². The van der Waals surface area contributed by atoms with Gasteiger partial charge in [-0.05, 0) is 68.3 Å². The number of carbonyl (C=O) groups excluding carboxylic acids is 1. The predicted molar refractivity (Wildman–Crippen MR) is 130 cm³/mol. The van der Waals surface area contributed by atoms with Gasteiger partial charge in [0.15, 0.2) is 0 Å². The molecular formula is C24H23Cl2FN2O3S. The largest absolute Gasteiger partial charge is 0.354 e. The smallest absolute Gasteiger partial charge is 0.265 e. The van der Waals surface area contributed by atoms with E-state index in [1.165, 1.54) is 43.3 Å². The molecule has 0 aliphatic carbocycles. The maximum absolute atomic E-state index is 14.7. The Bertz CT molecular complexity index is 1230. The van der Waals surface area contributed by atoms with Crippen LogP contribution in [-0.4, -0.2) is 26.9 Å². The highest BCUT2D eigenvalue weighted by Gasteiger charge is 2.35. The third-order valence-electron chi connectivity index (χ3n) is 5.08. The molecule has 0 saturated heterocycles. The van der Waals surface area contributed by atoms with E-state index < -0.39 is 27.8 Å². The van der Waals surface area contributed by atoms with Gasteiger partial charge >= 0.3 is 0 Å². The van der Waals surface area contributed by atoms with Crippen LogP contribution in [0.3, 0.4) is 0 Å². The molecule has 0 bridgehead atoms. The summed E-state index contributed by atoms with van der Waals surface area (Å²) in [4.78, 5) is 12.8. The quantitative estimate of drug-likeness (QED) is 0.443. The van der Waals surface area contributed by atoms with Crippen molar-refractivity contribution in [1.29, 1.82) is 0 Å². The molecule has 0 aliphatic heterocycles. The number of rotatable bonds is 8. The summed E-state index contributed by atoms with van der Waals surface area (Å²) in [6.45, 7) is 3.67. The van der Waals surface area contributed by atoms with Crippen molar-refractivity contribution >= 4 is 44.8 Å². The van der Waals surface area contributed by atoms with E-state index in [1.54, 1.807) is 0 Å². The van der Waals surface area contributed by atoms with Crippen LogP contribution in [0.1, 0.15) is 18.1 Å². The van der Waals surface area contributed by atoms with Gasteiger partial charge in [-0.15, -0.1) is 0 Å². The molecule has 3 rings (SSSR count). The second-order valence-corrected chi connectivity index (χ2v) is 10.2. The maximum atomic E-state index is 14.7. The van der Waals surface area contributed by atoms with E-state index in [0.29, 0.717) is 18.0 Å². The molecule has 1 N–H and O–H groups in total. The molecule has 0 radical (unpaired) electrons. The second-order valence-electron chi connectivity index (χ2n) is 7.55. The van der Waals surface area contributed by atoms with Crippen LogP contribution in [0.15, 0.2) is 71.6 Å². The van der Waals surface area contributed by atoms with Crippen LogP contribution in [0.4, 0.5) is 10.1 Å². The molecule has 3 aromatic carbocycles. The highest BCUT2D eigenvalue weighted by Crippen LogP contribution is 2.31. The number of nitrogens with one attached hydrogen (secondary N) is 1. The van der Waals surface area contributed by atoms with E-state index in [0.717, 1.165) is 21.5 Å². The third kappa shape index (κ3) is 6.05. The maximum Gasteiger partial charge on any atom is 0.265 e. The SMILES string of the molecule is Cc1ccc(CCNC(=O)C(C)N(c2cc(Cl)ccc2F)S(=O)(=O)c2ccc(Cl)cc2)cc1. The summed E-state index contributed by atoms with van der Waals surface area (Å²) in [6.07, 6.45) is 0.564. The third-order valence-corrected chi connectivity index (χ3v) is 7.47. The summed E-state index contributed by atoms with van der Waals surface area (Å²) in [5.74, 6) is -1.39. The zero-order valence-corrected chi connectivity index (χ0v) is 20.4. The molecule has 3 aromatic rings. The Morgan fingerprint density at radius 1 is 1.00 bits per heavy atom. The molecule has 1 unspecified atom stereocenters. The minimum absolute atomic E-state index is 0.134. The number of carbonyl (C=O) groups is 1. The van der Waals surface area contributed by atoms with Crippen molar-refractivity contribution in [2.24, 2.45) is 0 Å². The van der Waals surface area contributed by atoms with Crippen molar-refractivity contribution in [1.82, 2.24) is 5.32 Å². The zero-order chi connectivity index (χ0) is 24.2. The first-order valence-corrected chi connectivity index (χ1v) is 12.4. The fourth-order valence-corrected chi connectivity index (χ4v) is 5.17. The van der Waals surface area contributed by atoms with Gasteiger partial charge in [0.25, 0.3) is 10.0 Å². The first-order chi connectivity index (χ1) is 15.6. The van der Waals surface area contributed by atoms with Crippen LogP contribution in [0.2, 0.25) is 10.0 Å². The van der Waals surface area contributed by atoms with Gasteiger partial charge in [-0.25, -0.2) is 12.8 Å². The summed E-state index contributed by atoms with van der Waals surface area (Å²) < 4.78 is 42.4. The van der Waals surface area contributed by atoms with Gasteiger partial charge in [0.05, 0.1) is 10.6 Å². The Balaban J connectivity index is 1.89. The van der Waals surface area contributed by atoms with E-state index in [-0.39, 0.29) is 15.6 Å². The first kappa shape index (κ1) is 25.0. The van der Waals surface area contributed by atoms with Crippen molar-refractivity contribution in [3.05, 3.63) is 93.7 Å². The van der Waals surface area contributed by atoms with E-state index in [1.807, 2.05) is 31.2 Å². The van der Waals surface area contributed by atoms with Gasteiger partial charge in [-0.1, -0.05) is 53.0 Å². The number of aryl methyl sites for hydroxylation is 1. The van der Waals surface area contributed by atoms with Gasteiger partial charge in [-0.3, -0.25) is 9.10 Å². The molecule has 5 nitrogen and oxygen atoms in total. The average Bonchev–Trinajstić information content (AvgIpc) is 2.77. The Hall–Kier alpha value is -2.61. The summed E-state index contributed by atoms with van der Waals surface area (Å²) in [6, 6.07) is 15.6. The highest BCUT2D eigenvalue weighted by atomic mass is 35.5. The average molecular weight is 509 g/mol. The monoisotopic (exact) mass is 508 g/mol. The standard InChI is InChI=1S/C24H23Cl2FN2O3S/c1-16-3-5-18(6-4-16)13-14-28-24(30)17(2)29(23-15-20(26)9-12-22(23)27)33(31,32)21-10-7-19(25)8-11-21/h3-12,15,17H,13-14H2,1-2H3,(H,28,30). The number of nitrogens with zero attached hydrogens (tertiary/aromatic N) is 1. The van der Waals surface area contributed by atoms with Crippen LogP contribution in [0.25, 0.3) is 0 Å². The predicted octanol–water partition coefficient (Wildman–Crippen LogP) is 5.38. The van der Waals surface area contributed by atoms with Crippen molar-refractivity contribution in [3.63, 3.8) is 0 Å². The molecule has 0 saturated carbocycles. The summed E-state index contributed by atoms with van der Waals surface area (Å²) in [7, 11) is -4.32. The lowest BCUT2D eigenvalue weighted by Gasteiger charge is -2.30. The summed E-state index contributed by atoms with van der Waals surface area (Å²) in [5, 5.41) is 3.22. The molecule has 0 spiro atoms. The second kappa shape index (κ2) is 10.5. The molecule has 1 atom stereocenters. The number of hydrogen-bond donors (Lipinski definition) is 1. The summed E-state index contributed by atoms with van der Waals surface area (Å²) >= 11 is 11.9. The van der Waals surface area contributed by atoms with Crippen LogP contribution >= 0.6 is 23.2 Å². The van der Waals surface area contributed by atoms with Crippen LogP contribution in [-0.2, 0) is 21.2 Å². The Labute approximate surface area is 203 Å². The van der Waals surface area contributed by atoms with Crippen molar-refractivity contribution in [3.8, 4) is 0 Å². The fourth-order valence-electron chi connectivity index (χ4n) is 3.26. The molecule has 1 amide bonds. The number of anilines is 1. The first-order valence-electron chi connectivity index (χ1n) is 10.2. The van der Waals surface area contributed by atoms with E-state index in [2.05, 4.69) is 5.32 Å². The van der Waals surface area contributed by atoms with Gasteiger partial charge in [0, 0.05) is 16.6 Å². The van der Waals surface area contributed by atoms with Crippen molar-refractivity contribution < 1.29 is 17.6 Å². The Kier molecular flexibility index (Phi) is 8.00. The van der Waals surface area contributed by atoms with Gasteiger partial charge in [-0.2, -0.15) is 0 Å². The van der Waals surface area contributed by atoms with Crippen molar-refractivity contribution in [2.45, 2.75) is 31.2 Å². The Morgan fingerprint density at radius 3 is 2.24 bits per heavy atom. The minimum Gasteiger partial charge on any atom is -0.354 e. The normalized spacial score (nSPS) is 12.3. The van der Waals surface area contributed by atoms with Crippen LogP contribution < -0.4 is 9.62 Å². The van der Waals surface area contributed by atoms with E-state index >= 15 is 0 Å².